The van der Waals surface area contributed by atoms with Gasteiger partial charge in [0.25, 0.3) is 11.8 Å². The maximum Gasteiger partial charge on any atom is 0.264 e. The summed E-state index contributed by atoms with van der Waals surface area (Å²) in [6, 6.07) is 13.5. The summed E-state index contributed by atoms with van der Waals surface area (Å²) in [7, 11) is 1.99. The quantitative estimate of drug-likeness (QED) is 0.136. The van der Waals surface area contributed by atoms with Crippen LogP contribution in [0.5, 0.6) is 0 Å². The maximum atomic E-state index is 13.4. The Labute approximate surface area is 358 Å². The third-order valence-electron chi connectivity index (χ3n) is 16.5. The van der Waals surface area contributed by atoms with E-state index in [1.165, 1.54) is 61.3 Å². The third-order valence-corrected chi connectivity index (χ3v) is 16.5. The molecule has 5 fully saturated rings. The second kappa shape index (κ2) is 16.9. The van der Waals surface area contributed by atoms with E-state index < -0.39 is 29.7 Å². The Balaban J connectivity index is 0.690. The lowest BCUT2D eigenvalue weighted by atomic mass is 9.44. The largest absolute Gasteiger partial charge is 0.382 e. The highest BCUT2D eigenvalue weighted by Gasteiger charge is 2.60. The van der Waals surface area contributed by atoms with E-state index >= 15 is 0 Å². The van der Waals surface area contributed by atoms with E-state index in [1.54, 1.807) is 18.2 Å². The van der Waals surface area contributed by atoms with E-state index in [9.17, 15) is 24.0 Å². The zero-order valence-corrected chi connectivity index (χ0v) is 36.0. The van der Waals surface area contributed by atoms with E-state index in [-0.39, 0.29) is 35.9 Å². The van der Waals surface area contributed by atoms with E-state index in [0.717, 1.165) is 35.5 Å². The topological polar surface area (TPSA) is 147 Å². The van der Waals surface area contributed by atoms with Crippen molar-refractivity contribution in [2.45, 2.75) is 109 Å². The van der Waals surface area contributed by atoms with Crippen LogP contribution in [0.15, 0.2) is 54.9 Å². The summed E-state index contributed by atoms with van der Waals surface area (Å²) in [6.45, 7) is 7.00. The molecule has 2 aliphatic heterocycles. The van der Waals surface area contributed by atoms with Crippen molar-refractivity contribution in [3.8, 4) is 0 Å². The highest BCUT2D eigenvalue weighted by atomic mass is 16.5. The lowest BCUT2D eigenvalue weighted by Gasteiger charge is -2.61. The van der Waals surface area contributed by atoms with Crippen molar-refractivity contribution in [2.24, 2.45) is 34.5 Å². The zero-order chi connectivity index (χ0) is 42.5. The van der Waals surface area contributed by atoms with Gasteiger partial charge in [-0.1, -0.05) is 32.0 Å². The van der Waals surface area contributed by atoms with Gasteiger partial charge < -0.3 is 19.7 Å². The Morgan fingerprint density at radius 1 is 0.869 bits per heavy atom. The van der Waals surface area contributed by atoms with Crippen LogP contribution in [0.25, 0.3) is 10.8 Å². The molecule has 9 atom stereocenters. The number of anilines is 1. The summed E-state index contributed by atoms with van der Waals surface area (Å²) in [4.78, 5) is 71.2. The molecule has 1 unspecified atom stereocenters. The number of nitrogens with zero attached hydrogens (tertiary/aromatic N) is 3. The summed E-state index contributed by atoms with van der Waals surface area (Å²) in [6.07, 6.45) is 15.7. The van der Waals surface area contributed by atoms with Crippen molar-refractivity contribution >= 4 is 46.0 Å². The molecule has 12 heteroatoms. The molecule has 2 N–H and O–H groups in total. The number of pyridine rings is 1. The van der Waals surface area contributed by atoms with Crippen molar-refractivity contribution in [2.75, 3.05) is 45.3 Å². The smallest absolute Gasteiger partial charge is 0.264 e. The van der Waals surface area contributed by atoms with Crippen LogP contribution in [0.2, 0.25) is 0 Å². The average molecular weight is 832 g/mol. The van der Waals surface area contributed by atoms with Crippen LogP contribution in [-0.2, 0) is 23.9 Å². The van der Waals surface area contributed by atoms with Gasteiger partial charge in [0.05, 0.1) is 44.0 Å². The predicted molar refractivity (Wildman–Crippen MR) is 231 cm³/mol. The molecule has 4 aliphatic carbocycles. The molecule has 61 heavy (non-hydrogen) atoms. The van der Waals surface area contributed by atoms with Gasteiger partial charge in [-0.3, -0.25) is 39.2 Å². The Bertz CT molecular complexity index is 2210. The molecule has 5 amide bonds. The van der Waals surface area contributed by atoms with E-state index in [0.29, 0.717) is 67.7 Å². The van der Waals surface area contributed by atoms with Crippen molar-refractivity contribution in [3.63, 3.8) is 0 Å². The Hall–Kier alpha value is -4.68. The van der Waals surface area contributed by atoms with Crippen LogP contribution < -0.4 is 10.6 Å². The van der Waals surface area contributed by atoms with Crippen molar-refractivity contribution in [1.29, 1.82) is 0 Å². The molecule has 9 rings (SSSR count). The molecule has 324 valence electrons. The fourth-order valence-corrected chi connectivity index (χ4v) is 13.2. The van der Waals surface area contributed by atoms with Crippen molar-refractivity contribution in [1.82, 2.24) is 20.1 Å². The van der Waals surface area contributed by atoms with Gasteiger partial charge in [-0.05, 0) is 140 Å². The molecule has 6 aliphatic rings. The van der Waals surface area contributed by atoms with Crippen LogP contribution >= 0.6 is 0 Å². The molecule has 1 aromatic heterocycles. The van der Waals surface area contributed by atoms with Crippen molar-refractivity contribution < 1.29 is 33.4 Å². The number of hydrogen-bond donors (Lipinski definition) is 2. The van der Waals surface area contributed by atoms with Gasteiger partial charge in [0.15, 0.2) is 0 Å². The molecule has 0 bridgehead atoms. The number of carbonyl (C=O) groups excluding carboxylic acids is 5. The minimum Gasteiger partial charge on any atom is -0.382 e. The van der Waals surface area contributed by atoms with Gasteiger partial charge in [-0.2, -0.15) is 0 Å². The number of carbonyl (C=O) groups is 5. The lowest BCUT2D eigenvalue weighted by molar-refractivity contribution is -0.141. The molecule has 0 spiro atoms. The maximum absolute atomic E-state index is 13.4. The highest BCUT2D eigenvalue weighted by Crippen LogP contribution is 2.69. The predicted octanol–water partition coefficient (Wildman–Crippen LogP) is 7.12. The van der Waals surface area contributed by atoms with E-state index in [4.69, 9.17) is 9.47 Å². The molecule has 0 radical (unpaired) electrons. The summed E-state index contributed by atoms with van der Waals surface area (Å²) < 4.78 is 11.5. The third kappa shape index (κ3) is 7.55. The fourth-order valence-electron chi connectivity index (χ4n) is 13.2. The molecule has 3 aromatic rings. The SMILES string of the molecule is CN(C(=O)CCOCCOCCNc1cccc2c1C(=O)N(C1CCC(=O)NC1=O)C2=O)[C@H]1CC[C@@]2(C)[C@@H](CC[C@@H]3[C@@H]2CC[C@]2(C)[C@@H](c4ccc5ccncc5c4)CC[C@@H]32)C1. The number of ether oxygens (including phenoxy) is 2. The normalized spacial score (nSPS) is 31.9. The number of fused-ring (bicyclic) bond motifs is 7. The number of benzene rings is 2. The highest BCUT2D eigenvalue weighted by molar-refractivity contribution is 6.25. The minimum absolute atomic E-state index is 0.0687. The molecule has 1 saturated heterocycles. The molecular formula is C49H61N5O7. The number of imide groups is 2. The molecule has 2 aromatic carbocycles. The summed E-state index contributed by atoms with van der Waals surface area (Å²) in [5.74, 6) is 1.67. The molecule has 4 saturated carbocycles. The standard InChI is InChI=1S/C49H61N5O7/c1-48-19-15-34(28-33(48)9-10-35-38-12-11-37(49(38,2)20-16-39(35)48)31-8-7-30-17-21-50-29-32(30)27-31)53(3)43(56)18-23-60-25-26-61-24-22-51-40-6-4-5-36-44(40)47(59)54(46(36)58)41-13-14-42(55)52-45(41)57/h4-8,17,21,27,29,33-35,37-39,41,51H,9-16,18-20,22-26,28H2,1-3H3,(H,52,55,57)/t33-,34-,35-,37+,38-,39-,41?,48-,49+/m0/s1. The first-order chi connectivity index (χ1) is 29.5. The van der Waals surface area contributed by atoms with Crippen molar-refractivity contribution in [3.05, 3.63) is 71.5 Å². The van der Waals surface area contributed by atoms with Gasteiger partial charge in [0, 0.05) is 49.5 Å². The Kier molecular flexibility index (Phi) is 11.5. The number of nitrogens with one attached hydrogen (secondary N) is 2. The number of aromatic nitrogens is 1. The van der Waals surface area contributed by atoms with Gasteiger partial charge in [0.2, 0.25) is 17.7 Å². The molecule has 3 heterocycles. The van der Waals surface area contributed by atoms with Gasteiger partial charge in [-0.25, -0.2) is 0 Å². The number of piperidine rings is 1. The van der Waals surface area contributed by atoms with Gasteiger partial charge in [-0.15, -0.1) is 0 Å². The second-order valence-electron chi connectivity index (χ2n) is 19.3. The van der Waals surface area contributed by atoms with Crippen LogP contribution in [0, 0.1) is 34.5 Å². The van der Waals surface area contributed by atoms with Crippen LogP contribution in [-0.4, -0.2) is 96.4 Å². The first-order valence-electron chi connectivity index (χ1n) is 22.8. The molecule has 12 nitrogen and oxygen atoms in total. The van der Waals surface area contributed by atoms with Gasteiger partial charge >= 0.3 is 0 Å². The van der Waals surface area contributed by atoms with Gasteiger partial charge in [0.1, 0.15) is 6.04 Å². The van der Waals surface area contributed by atoms with E-state index in [2.05, 4.69) is 53.7 Å². The Morgan fingerprint density at radius 3 is 2.51 bits per heavy atom. The summed E-state index contributed by atoms with van der Waals surface area (Å²) >= 11 is 0. The molecular weight excluding hydrogens is 771 g/mol. The van der Waals surface area contributed by atoms with Crippen LogP contribution in [0.3, 0.4) is 0 Å². The Morgan fingerprint density at radius 2 is 1.67 bits per heavy atom. The average Bonchev–Trinajstić information content (AvgIpc) is 3.75. The summed E-state index contributed by atoms with van der Waals surface area (Å²) in [5.41, 5.74) is 3.15. The van der Waals surface area contributed by atoms with Crippen LogP contribution in [0.1, 0.15) is 123 Å². The van der Waals surface area contributed by atoms with E-state index in [1.807, 2.05) is 24.3 Å². The minimum atomic E-state index is -1.01. The zero-order valence-electron chi connectivity index (χ0n) is 36.0. The number of amides is 5. The first-order valence-corrected chi connectivity index (χ1v) is 22.8. The number of rotatable bonds is 13. The monoisotopic (exact) mass is 831 g/mol. The van der Waals surface area contributed by atoms with Crippen LogP contribution in [0.4, 0.5) is 5.69 Å². The fraction of sp³-hybridized carbons (Fsp3) is 0.592. The summed E-state index contributed by atoms with van der Waals surface area (Å²) in [5, 5.41) is 7.93. The first kappa shape index (κ1) is 41.7. The lowest BCUT2D eigenvalue weighted by Crippen LogP contribution is -2.55. The number of hydrogen-bond acceptors (Lipinski definition) is 9. The second-order valence-corrected chi connectivity index (χ2v) is 19.3.